The van der Waals surface area contributed by atoms with E-state index in [9.17, 15) is 0 Å². The average molecular weight is 291 g/mol. The zero-order valence-electron chi connectivity index (χ0n) is 13.4. The van der Waals surface area contributed by atoms with Gasteiger partial charge in [-0.3, -0.25) is 4.90 Å². The number of hydrogen-bond acceptors (Lipinski definition) is 4. The Bertz CT molecular complexity index is 517. The van der Waals surface area contributed by atoms with Crippen molar-refractivity contribution in [3.63, 3.8) is 0 Å². The highest BCUT2D eigenvalue weighted by Gasteiger charge is 2.37. The Labute approximate surface area is 127 Å². The topological polar surface area (TPSA) is 30.9 Å². The first-order valence-electron chi connectivity index (χ1n) is 7.69. The SMILES string of the molecule is COc1ccc([C@@H](C)OC)c2c1C[C@@H]1[C@@H](C2)OCCN1C. The van der Waals surface area contributed by atoms with Gasteiger partial charge in [0.05, 0.1) is 25.9 Å². The van der Waals surface area contributed by atoms with Crippen molar-refractivity contribution in [2.75, 3.05) is 34.4 Å². The maximum Gasteiger partial charge on any atom is 0.122 e. The van der Waals surface area contributed by atoms with Crippen LogP contribution in [-0.2, 0) is 22.3 Å². The van der Waals surface area contributed by atoms with Crippen LogP contribution in [0.25, 0.3) is 0 Å². The Hall–Kier alpha value is -1.10. The van der Waals surface area contributed by atoms with Crippen molar-refractivity contribution in [1.82, 2.24) is 4.90 Å². The Balaban J connectivity index is 2.03. The second kappa shape index (κ2) is 5.95. The molecule has 21 heavy (non-hydrogen) atoms. The first-order chi connectivity index (χ1) is 10.2. The zero-order valence-corrected chi connectivity index (χ0v) is 13.4. The van der Waals surface area contributed by atoms with Gasteiger partial charge in [-0.1, -0.05) is 6.07 Å². The van der Waals surface area contributed by atoms with E-state index < -0.39 is 0 Å². The normalized spacial score (nSPS) is 26.9. The van der Waals surface area contributed by atoms with E-state index in [0.29, 0.717) is 6.04 Å². The van der Waals surface area contributed by atoms with Crippen LogP contribution in [0, 0.1) is 0 Å². The molecule has 0 saturated carbocycles. The lowest BCUT2D eigenvalue weighted by molar-refractivity contribution is -0.0649. The summed E-state index contributed by atoms with van der Waals surface area (Å²) in [6.45, 7) is 3.93. The maximum atomic E-state index is 6.03. The van der Waals surface area contributed by atoms with Crippen LogP contribution < -0.4 is 4.74 Å². The van der Waals surface area contributed by atoms with Gasteiger partial charge in [0, 0.05) is 26.1 Å². The number of nitrogens with zero attached hydrogens (tertiary/aromatic N) is 1. The summed E-state index contributed by atoms with van der Waals surface area (Å²) in [5.74, 6) is 0.995. The van der Waals surface area contributed by atoms with Crippen molar-refractivity contribution in [2.24, 2.45) is 0 Å². The third-order valence-electron chi connectivity index (χ3n) is 5.03. The second-order valence-electron chi connectivity index (χ2n) is 6.06. The predicted octanol–water partition coefficient (Wildman–Crippen LogP) is 2.20. The fraction of sp³-hybridized carbons (Fsp3) is 0.647. The lowest BCUT2D eigenvalue weighted by Gasteiger charge is -2.43. The van der Waals surface area contributed by atoms with Crippen LogP contribution in [0.4, 0.5) is 0 Å². The Morgan fingerprint density at radius 3 is 2.76 bits per heavy atom. The van der Waals surface area contributed by atoms with Crippen molar-refractivity contribution in [3.05, 3.63) is 28.8 Å². The third kappa shape index (κ3) is 2.56. The molecule has 4 heteroatoms. The number of rotatable bonds is 3. The largest absolute Gasteiger partial charge is 0.496 e. The maximum absolute atomic E-state index is 6.03. The van der Waals surface area contributed by atoms with Crippen LogP contribution in [0.15, 0.2) is 12.1 Å². The molecule has 1 saturated heterocycles. The van der Waals surface area contributed by atoms with Crippen LogP contribution in [0.2, 0.25) is 0 Å². The van der Waals surface area contributed by atoms with Crippen molar-refractivity contribution < 1.29 is 14.2 Å². The highest BCUT2D eigenvalue weighted by molar-refractivity contribution is 5.48. The van der Waals surface area contributed by atoms with Gasteiger partial charge in [0.1, 0.15) is 5.75 Å². The van der Waals surface area contributed by atoms with Crippen LogP contribution in [0.1, 0.15) is 29.7 Å². The molecule has 116 valence electrons. The number of morpholine rings is 1. The van der Waals surface area contributed by atoms with Gasteiger partial charge in [0.15, 0.2) is 0 Å². The number of methoxy groups -OCH3 is 2. The molecule has 0 unspecified atom stereocenters. The highest BCUT2D eigenvalue weighted by atomic mass is 16.5. The monoisotopic (exact) mass is 291 g/mol. The lowest BCUT2D eigenvalue weighted by Crippen LogP contribution is -2.53. The van der Waals surface area contributed by atoms with E-state index >= 15 is 0 Å². The zero-order chi connectivity index (χ0) is 15.0. The van der Waals surface area contributed by atoms with Gasteiger partial charge in [0.2, 0.25) is 0 Å². The van der Waals surface area contributed by atoms with Gasteiger partial charge in [-0.15, -0.1) is 0 Å². The Morgan fingerprint density at radius 1 is 1.24 bits per heavy atom. The fourth-order valence-electron chi connectivity index (χ4n) is 3.65. The Kier molecular flexibility index (Phi) is 4.20. The minimum absolute atomic E-state index is 0.0996. The van der Waals surface area contributed by atoms with Crippen molar-refractivity contribution in [2.45, 2.75) is 38.0 Å². The van der Waals surface area contributed by atoms with E-state index in [-0.39, 0.29) is 12.2 Å². The van der Waals surface area contributed by atoms with Gasteiger partial charge >= 0.3 is 0 Å². The number of ether oxygens (including phenoxy) is 3. The van der Waals surface area contributed by atoms with Crippen molar-refractivity contribution >= 4 is 0 Å². The van der Waals surface area contributed by atoms with Gasteiger partial charge in [-0.2, -0.15) is 0 Å². The predicted molar refractivity (Wildman–Crippen MR) is 82.0 cm³/mol. The molecule has 1 aliphatic carbocycles. The van der Waals surface area contributed by atoms with E-state index in [0.717, 1.165) is 31.7 Å². The minimum atomic E-state index is 0.0996. The first-order valence-corrected chi connectivity index (χ1v) is 7.69. The molecular formula is C17H25NO3. The summed E-state index contributed by atoms with van der Waals surface area (Å²) in [5.41, 5.74) is 3.96. The van der Waals surface area contributed by atoms with Crippen molar-refractivity contribution in [1.29, 1.82) is 0 Å². The summed E-state index contributed by atoms with van der Waals surface area (Å²) >= 11 is 0. The molecule has 1 heterocycles. The molecule has 0 spiro atoms. The summed E-state index contributed by atoms with van der Waals surface area (Å²) in [6.07, 6.45) is 2.32. The Morgan fingerprint density at radius 2 is 2.05 bits per heavy atom. The molecular weight excluding hydrogens is 266 g/mol. The summed E-state index contributed by atoms with van der Waals surface area (Å²) in [6, 6.07) is 4.67. The molecule has 1 aromatic rings. The van der Waals surface area contributed by atoms with E-state index in [1.54, 1.807) is 14.2 Å². The molecule has 1 aromatic carbocycles. The second-order valence-corrected chi connectivity index (χ2v) is 6.06. The van der Waals surface area contributed by atoms with E-state index in [4.69, 9.17) is 14.2 Å². The van der Waals surface area contributed by atoms with E-state index in [2.05, 4.69) is 31.0 Å². The fourth-order valence-corrected chi connectivity index (χ4v) is 3.65. The van der Waals surface area contributed by atoms with E-state index in [1.165, 1.54) is 16.7 Å². The summed E-state index contributed by atoms with van der Waals surface area (Å²) in [5, 5.41) is 0. The number of likely N-dealkylation sites (N-methyl/N-ethyl adjacent to an activating group) is 1. The molecule has 0 amide bonds. The van der Waals surface area contributed by atoms with Crippen LogP contribution >= 0.6 is 0 Å². The first kappa shape index (κ1) is 14.8. The van der Waals surface area contributed by atoms with Crippen molar-refractivity contribution in [3.8, 4) is 5.75 Å². The molecule has 3 atom stereocenters. The van der Waals surface area contributed by atoms with Gasteiger partial charge in [-0.05, 0) is 43.1 Å². The highest BCUT2D eigenvalue weighted by Crippen LogP contribution is 2.38. The van der Waals surface area contributed by atoms with Gasteiger partial charge < -0.3 is 14.2 Å². The summed E-state index contributed by atoms with van der Waals surface area (Å²) < 4.78 is 17.2. The smallest absolute Gasteiger partial charge is 0.122 e. The summed E-state index contributed by atoms with van der Waals surface area (Å²) in [7, 11) is 5.71. The van der Waals surface area contributed by atoms with Gasteiger partial charge in [0.25, 0.3) is 0 Å². The molecule has 0 aromatic heterocycles. The molecule has 0 N–H and O–H groups in total. The number of fused-ring (bicyclic) bond motifs is 2. The van der Waals surface area contributed by atoms with Crippen LogP contribution in [-0.4, -0.2) is 51.5 Å². The lowest BCUT2D eigenvalue weighted by atomic mass is 9.81. The molecule has 0 bridgehead atoms. The molecule has 1 fully saturated rings. The molecule has 0 radical (unpaired) electrons. The molecule has 3 rings (SSSR count). The average Bonchev–Trinajstić information content (AvgIpc) is 2.52. The van der Waals surface area contributed by atoms with Crippen LogP contribution in [0.5, 0.6) is 5.75 Å². The van der Waals surface area contributed by atoms with E-state index in [1.807, 2.05) is 0 Å². The molecule has 1 aliphatic heterocycles. The minimum Gasteiger partial charge on any atom is -0.496 e. The quantitative estimate of drug-likeness (QED) is 0.854. The number of benzene rings is 1. The molecule has 2 aliphatic rings. The number of hydrogen-bond donors (Lipinski definition) is 0. The summed E-state index contributed by atoms with van der Waals surface area (Å²) in [4.78, 5) is 2.42. The standard InChI is InChI=1S/C17H25NO3/c1-11(19-3)12-5-6-16(20-4)14-9-15-17(10-13(12)14)21-8-7-18(15)2/h5-6,11,15,17H,7-10H2,1-4H3/t11-,15-,17-/m1/s1. The van der Waals surface area contributed by atoms with Crippen LogP contribution in [0.3, 0.4) is 0 Å². The third-order valence-corrected chi connectivity index (χ3v) is 5.03. The molecule has 4 nitrogen and oxygen atoms in total. The van der Waals surface area contributed by atoms with Gasteiger partial charge in [-0.25, -0.2) is 0 Å².